The highest BCUT2D eigenvalue weighted by Crippen LogP contribution is 2.37. The summed E-state index contributed by atoms with van der Waals surface area (Å²) < 4.78 is 0. The van der Waals surface area contributed by atoms with Crippen LogP contribution in [-0.4, -0.2) is 40.6 Å². The number of carbonyl (C=O) groups is 3. The number of nitro benzene ring substituents is 1. The molecule has 0 bridgehead atoms. The average molecular weight is 485 g/mol. The van der Waals surface area contributed by atoms with Gasteiger partial charge in [-0.15, -0.1) is 0 Å². The van der Waals surface area contributed by atoms with Crippen LogP contribution in [0, 0.1) is 28.9 Å². The van der Waals surface area contributed by atoms with E-state index in [1.165, 1.54) is 23.1 Å². The van der Waals surface area contributed by atoms with Crippen molar-refractivity contribution in [2.45, 2.75) is 32.6 Å². The molecule has 0 unspecified atom stereocenters. The fourth-order valence-electron chi connectivity index (χ4n) is 4.66. The van der Waals surface area contributed by atoms with Crippen LogP contribution >= 0.6 is 11.6 Å². The minimum atomic E-state index is -0.575. The molecule has 1 saturated heterocycles. The zero-order chi connectivity index (χ0) is 24.4. The monoisotopic (exact) mass is 484 g/mol. The van der Waals surface area contributed by atoms with E-state index < -0.39 is 10.8 Å². The van der Waals surface area contributed by atoms with E-state index in [9.17, 15) is 24.5 Å². The molecule has 2 aromatic rings. The van der Waals surface area contributed by atoms with Crippen LogP contribution < -0.4 is 10.6 Å². The number of nitrogens with zero attached hydrogens (tertiary/aromatic N) is 2. The molecule has 1 aliphatic heterocycles. The maximum absolute atomic E-state index is 13.0. The third kappa shape index (κ3) is 4.75. The van der Waals surface area contributed by atoms with E-state index in [1.54, 1.807) is 25.1 Å². The van der Waals surface area contributed by atoms with E-state index in [2.05, 4.69) is 10.6 Å². The van der Waals surface area contributed by atoms with E-state index in [4.69, 9.17) is 11.6 Å². The quantitative estimate of drug-likeness (QED) is 0.341. The molecule has 1 aliphatic carbocycles. The van der Waals surface area contributed by atoms with Gasteiger partial charge in [0.05, 0.1) is 22.3 Å². The molecule has 1 heterocycles. The van der Waals surface area contributed by atoms with Crippen LogP contribution in [0.25, 0.3) is 0 Å². The van der Waals surface area contributed by atoms with Gasteiger partial charge < -0.3 is 10.6 Å². The van der Waals surface area contributed by atoms with Gasteiger partial charge in [0, 0.05) is 41.6 Å². The number of amides is 3. The number of fused-ring (bicyclic) bond motifs is 1. The van der Waals surface area contributed by atoms with Gasteiger partial charge in [-0.1, -0.05) is 30.5 Å². The zero-order valence-electron chi connectivity index (χ0n) is 18.7. The Labute approximate surface area is 201 Å². The van der Waals surface area contributed by atoms with E-state index in [0.717, 1.165) is 31.2 Å². The van der Waals surface area contributed by atoms with Crippen LogP contribution in [0.1, 0.15) is 41.6 Å². The maximum Gasteiger partial charge on any atom is 0.270 e. The first-order valence-electron chi connectivity index (χ1n) is 11.2. The zero-order valence-corrected chi connectivity index (χ0v) is 19.4. The van der Waals surface area contributed by atoms with Crippen molar-refractivity contribution in [2.24, 2.45) is 11.8 Å². The highest BCUT2D eigenvalue weighted by atomic mass is 35.5. The molecule has 0 radical (unpaired) electrons. The number of imide groups is 1. The highest BCUT2D eigenvalue weighted by Gasteiger charge is 2.47. The summed E-state index contributed by atoms with van der Waals surface area (Å²) in [4.78, 5) is 50.4. The van der Waals surface area contributed by atoms with E-state index in [1.807, 2.05) is 0 Å². The fraction of sp³-hybridized carbons (Fsp3) is 0.375. The van der Waals surface area contributed by atoms with Crippen molar-refractivity contribution in [2.75, 3.05) is 23.7 Å². The third-order valence-corrected chi connectivity index (χ3v) is 6.72. The van der Waals surface area contributed by atoms with Gasteiger partial charge in [-0.05, 0) is 43.5 Å². The maximum atomic E-state index is 13.0. The van der Waals surface area contributed by atoms with Crippen molar-refractivity contribution >= 4 is 46.4 Å². The van der Waals surface area contributed by atoms with Crippen molar-refractivity contribution < 1.29 is 19.3 Å². The molecule has 4 rings (SSSR count). The Morgan fingerprint density at radius 1 is 1.09 bits per heavy atom. The molecule has 178 valence electrons. The number of likely N-dealkylation sites (tertiary alicyclic amines) is 1. The van der Waals surface area contributed by atoms with Crippen molar-refractivity contribution in [1.82, 2.24) is 4.90 Å². The summed E-state index contributed by atoms with van der Waals surface area (Å²) in [5.74, 6) is -1.24. The van der Waals surface area contributed by atoms with Gasteiger partial charge in [-0.3, -0.25) is 29.4 Å². The molecule has 0 aromatic heterocycles. The molecule has 1 saturated carbocycles. The largest absolute Gasteiger partial charge is 0.383 e. The number of benzene rings is 2. The Bertz CT molecular complexity index is 1140. The summed E-state index contributed by atoms with van der Waals surface area (Å²) in [6.45, 7) is 2.18. The summed E-state index contributed by atoms with van der Waals surface area (Å²) in [6, 6.07) is 8.99. The first-order chi connectivity index (χ1) is 16.3. The fourth-order valence-corrected chi connectivity index (χ4v) is 4.83. The highest BCUT2D eigenvalue weighted by molar-refractivity contribution is 6.31. The van der Waals surface area contributed by atoms with Gasteiger partial charge in [-0.25, -0.2) is 0 Å². The summed E-state index contributed by atoms with van der Waals surface area (Å²) in [7, 11) is 0. The molecule has 2 atom stereocenters. The first-order valence-corrected chi connectivity index (χ1v) is 11.6. The molecular formula is C24H25ClN4O5. The molecule has 2 aromatic carbocycles. The normalized spacial score (nSPS) is 19.6. The number of nitro groups is 1. The predicted octanol–water partition coefficient (Wildman–Crippen LogP) is 4.40. The Morgan fingerprint density at radius 2 is 1.76 bits per heavy atom. The van der Waals surface area contributed by atoms with Gasteiger partial charge in [0.1, 0.15) is 0 Å². The van der Waals surface area contributed by atoms with Crippen LogP contribution in [0.2, 0.25) is 5.02 Å². The smallest absolute Gasteiger partial charge is 0.270 e. The number of nitrogens with one attached hydrogen (secondary N) is 2. The number of non-ortho nitro benzene ring substituents is 1. The van der Waals surface area contributed by atoms with Crippen molar-refractivity contribution in [3.63, 3.8) is 0 Å². The summed E-state index contributed by atoms with van der Waals surface area (Å²) >= 11 is 6.03. The van der Waals surface area contributed by atoms with Gasteiger partial charge >= 0.3 is 0 Å². The number of halogens is 1. The van der Waals surface area contributed by atoms with Gasteiger partial charge in [0.25, 0.3) is 11.6 Å². The lowest BCUT2D eigenvalue weighted by molar-refractivity contribution is -0.384. The SMILES string of the molecule is Cc1ccc(Cl)cc1NC(=O)c1cc([N+](=O)[O-])ccc1NCCN1C(=O)[C@H]2CCCC[C@H]2C1=O. The first kappa shape index (κ1) is 23.7. The topological polar surface area (TPSA) is 122 Å². The van der Waals surface area contributed by atoms with Crippen LogP contribution in [-0.2, 0) is 9.59 Å². The van der Waals surface area contributed by atoms with Gasteiger partial charge in [0.2, 0.25) is 11.8 Å². The number of rotatable bonds is 7. The minimum absolute atomic E-state index is 0.0707. The molecular weight excluding hydrogens is 460 g/mol. The molecule has 0 spiro atoms. The van der Waals surface area contributed by atoms with Crippen LogP contribution in [0.15, 0.2) is 36.4 Å². The second-order valence-electron chi connectivity index (χ2n) is 8.65. The Kier molecular flexibility index (Phi) is 6.83. The second-order valence-corrected chi connectivity index (χ2v) is 9.09. The number of aryl methyl sites for hydroxylation is 1. The van der Waals surface area contributed by atoms with Crippen LogP contribution in [0.4, 0.5) is 17.1 Å². The third-order valence-electron chi connectivity index (χ3n) is 6.49. The van der Waals surface area contributed by atoms with Gasteiger partial charge in [-0.2, -0.15) is 0 Å². The van der Waals surface area contributed by atoms with Crippen molar-refractivity contribution in [3.05, 3.63) is 62.7 Å². The van der Waals surface area contributed by atoms with Crippen molar-refractivity contribution in [3.8, 4) is 0 Å². The molecule has 10 heteroatoms. The Balaban J connectivity index is 1.50. The molecule has 9 nitrogen and oxygen atoms in total. The minimum Gasteiger partial charge on any atom is -0.383 e. The van der Waals surface area contributed by atoms with E-state index >= 15 is 0 Å². The lowest BCUT2D eigenvalue weighted by atomic mass is 9.81. The molecule has 34 heavy (non-hydrogen) atoms. The summed E-state index contributed by atoms with van der Waals surface area (Å²) in [5, 5.41) is 17.5. The Morgan fingerprint density at radius 3 is 2.41 bits per heavy atom. The van der Waals surface area contributed by atoms with Crippen molar-refractivity contribution in [1.29, 1.82) is 0 Å². The lowest BCUT2D eigenvalue weighted by Gasteiger charge is -2.19. The van der Waals surface area contributed by atoms with E-state index in [-0.39, 0.29) is 48.0 Å². The van der Waals surface area contributed by atoms with Gasteiger partial charge in [0.15, 0.2) is 0 Å². The van der Waals surface area contributed by atoms with E-state index in [0.29, 0.717) is 16.4 Å². The molecule has 2 fully saturated rings. The Hall–Kier alpha value is -3.46. The summed E-state index contributed by atoms with van der Waals surface area (Å²) in [5.41, 5.74) is 1.48. The lowest BCUT2D eigenvalue weighted by Crippen LogP contribution is -2.35. The van der Waals surface area contributed by atoms with Crippen LogP contribution in [0.3, 0.4) is 0 Å². The molecule has 2 N–H and O–H groups in total. The van der Waals surface area contributed by atoms with Crippen LogP contribution in [0.5, 0.6) is 0 Å². The average Bonchev–Trinajstić information content (AvgIpc) is 3.06. The molecule has 2 aliphatic rings. The second kappa shape index (κ2) is 9.80. The number of anilines is 2. The number of hydrogen-bond acceptors (Lipinski definition) is 6. The standard InChI is InChI=1S/C24H25ClN4O5/c1-14-6-7-15(25)12-21(14)27-22(30)19-13-16(29(33)34)8-9-20(19)26-10-11-28-23(31)17-4-2-3-5-18(17)24(28)32/h6-9,12-13,17-18,26H,2-5,10-11H2,1H3,(H,27,30)/t17-,18+. The summed E-state index contributed by atoms with van der Waals surface area (Å²) in [6.07, 6.45) is 3.41. The number of carbonyl (C=O) groups excluding carboxylic acids is 3. The predicted molar refractivity (Wildman–Crippen MR) is 128 cm³/mol. The molecule has 3 amide bonds. The number of hydrogen-bond donors (Lipinski definition) is 2.